The summed E-state index contributed by atoms with van der Waals surface area (Å²) in [5, 5.41) is 23.2. The fourth-order valence-electron chi connectivity index (χ4n) is 4.64. The van der Waals surface area contributed by atoms with E-state index in [1.165, 1.54) is 0 Å². The van der Waals surface area contributed by atoms with Gasteiger partial charge in [0.25, 0.3) is 0 Å². The summed E-state index contributed by atoms with van der Waals surface area (Å²) in [6, 6.07) is 22.2. The first-order chi connectivity index (χ1) is 18.3. The number of nitrogens with one attached hydrogen (secondary N) is 2. The molecular formula is C29H28N2O7. The van der Waals surface area contributed by atoms with Gasteiger partial charge in [-0.05, 0) is 34.2 Å². The molecule has 0 saturated carbocycles. The number of rotatable bonds is 11. The van der Waals surface area contributed by atoms with Gasteiger partial charge in [0.2, 0.25) is 5.91 Å². The number of benzene rings is 3. The molecule has 0 saturated heterocycles. The molecule has 3 aromatic rings. The molecule has 0 radical (unpaired) electrons. The van der Waals surface area contributed by atoms with Crippen LogP contribution < -0.4 is 10.6 Å². The molecular weight excluding hydrogens is 488 g/mol. The predicted molar refractivity (Wildman–Crippen MR) is 139 cm³/mol. The molecule has 1 aliphatic carbocycles. The van der Waals surface area contributed by atoms with E-state index in [-0.39, 0.29) is 25.4 Å². The summed E-state index contributed by atoms with van der Waals surface area (Å²) in [6.07, 6.45) is -1.46. The third-order valence-electron chi connectivity index (χ3n) is 6.50. The van der Waals surface area contributed by atoms with E-state index in [4.69, 9.17) is 9.84 Å². The average Bonchev–Trinajstić information content (AvgIpc) is 3.23. The van der Waals surface area contributed by atoms with Crippen LogP contribution in [0, 0.1) is 0 Å². The molecule has 2 amide bonds. The minimum Gasteiger partial charge on any atom is -0.481 e. The van der Waals surface area contributed by atoms with E-state index in [9.17, 15) is 24.3 Å². The first-order valence-electron chi connectivity index (χ1n) is 12.2. The van der Waals surface area contributed by atoms with Gasteiger partial charge in [0.1, 0.15) is 18.7 Å². The van der Waals surface area contributed by atoms with Gasteiger partial charge in [0.05, 0.1) is 0 Å². The first kappa shape index (κ1) is 26.4. The highest BCUT2D eigenvalue weighted by atomic mass is 16.5. The van der Waals surface area contributed by atoms with Crippen molar-refractivity contribution in [2.45, 2.75) is 37.3 Å². The smallest absolute Gasteiger partial charge is 0.407 e. The van der Waals surface area contributed by atoms with E-state index in [1.807, 2.05) is 54.6 Å². The number of alkyl carbamates (subject to hydrolysis) is 1. The fraction of sp³-hybridized carbons (Fsp3) is 0.241. The fourth-order valence-corrected chi connectivity index (χ4v) is 4.64. The lowest BCUT2D eigenvalue weighted by atomic mass is 9.98. The van der Waals surface area contributed by atoms with Crippen molar-refractivity contribution in [1.29, 1.82) is 0 Å². The molecule has 0 aromatic heterocycles. The van der Waals surface area contributed by atoms with Crippen LogP contribution in [0.4, 0.5) is 4.79 Å². The highest BCUT2D eigenvalue weighted by Crippen LogP contribution is 2.44. The van der Waals surface area contributed by atoms with Gasteiger partial charge in [-0.3, -0.25) is 9.59 Å². The van der Waals surface area contributed by atoms with E-state index in [1.54, 1.807) is 24.3 Å². The summed E-state index contributed by atoms with van der Waals surface area (Å²) in [5.41, 5.74) is 4.99. The lowest BCUT2D eigenvalue weighted by Gasteiger charge is -2.22. The summed E-state index contributed by atoms with van der Waals surface area (Å²) in [6.45, 7) is 0.0515. The molecule has 0 spiro atoms. The minimum atomic E-state index is -1.42. The predicted octanol–water partition coefficient (Wildman–Crippen LogP) is 3.57. The highest BCUT2D eigenvalue weighted by molar-refractivity contribution is 5.89. The second-order valence-corrected chi connectivity index (χ2v) is 9.04. The third-order valence-corrected chi connectivity index (χ3v) is 6.50. The van der Waals surface area contributed by atoms with Gasteiger partial charge in [-0.15, -0.1) is 0 Å². The molecule has 9 heteroatoms. The lowest BCUT2D eigenvalue weighted by Crippen LogP contribution is -2.52. The largest absolute Gasteiger partial charge is 0.481 e. The van der Waals surface area contributed by atoms with Crippen molar-refractivity contribution in [2.75, 3.05) is 6.61 Å². The number of amides is 2. The van der Waals surface area contributed by atoms with E-state index in [2.05, 4.69) is 10.6 Å². The Labute approximate surface area is 219 Å². The quantitative estimate of drug-likeness (QED) is 0.305. The van der Waals surface area contributed by atoms with Gasteiger partial charge >= 0.3 is 18.0 Å². The van der Waals surface area contributed by atoms with Crippen molar-refractivity contribution in [3.05, 3.63) is 95.6 Å². The maximum Gasteiger partial charge on any atom is 0.407 e. The number of carbonyl (C=O) groups excluding carboxylic acids is 2. The topological polar surface area (TPSA) is 142 Å². The maximum absolute atomic E-state index is 13.0. The number of hydrogen-bond donors (Lipinski definition) is 4. The van der Waals surface area contributed by atoms with Gasteiger partial charge in [-0.25, -0.2) is 9.59 Å². The third kappa shape index (κ3) is 6.36. The normalized spacial score (nSPS) is 13.5. The summed E-state index contributed by atoms with van der Waals surface area (Å²) < 4.78 is 5.57. The molecule has 0 unspecified atom stereocenters. The molecule has 0 fully saturated rings. The van der Waals surface area contributed by atoms with Crippen LogP contribution in [0.15, 0.2) is 78.9 Å². The van der Waals surface area contributed by atoms with E-state index >= 15 is 0 Å². The van der Waals surface area contributed by atoms with Crippen LogP contribution in [-0.2, 0) is 25.5 Å². The van der Waals surface area contributed by atoms with Crippen molar-refractivity contribution < 1.29 is 34.1 Å². The molecule has 0 heterocycles. The number of carbonyl (C=O) groups is 4. The van der Waals surface area contributed by atoms with Crippen molar-refractivity contribution in [2.24, 2.45) is 0 Å². The molecule has 9 nitrogen and oxygen atoms in total. The summed E-state index contributed by atoms with van der Waals surface area (Å²) in [7, 11) is 0. The second-order valence-electron chi connectivity index (χ2n) is 9.04. The zero-order chi connectivity index (χ0) is 27.1. The van der Waals surface area contributed by atoms with Gasteiger partial charge in [0, 0.05) is 18.8 Å². The van der Waals surface area contributed by atoms with Crippen molar-refractivity contribution >= 4 is 23.9 Å². The van der Waals surface area contributed by atoms with Crippen LogP contribution in [0.3, 0.4) is 0 Å². The monoisotopic (exact) mass is 516 g/mol. The number of carboxylic acids is 2. The number of aliphatic carboxylic acids is 2. The number of carboxylic acid groups (broad SMARTS) is 2. The SMILES string of the molecule is O=C(O)CC[C@H](NC(=O)[C@H](Cc1ccccc1)NC(=O)OCC1c2ccccc2-c2ccccc21)C(=O)O. The maximum atomic E-state index is 13.0. The van der Waals surface area contributed by atoms with Crippen molar-refractivity contribution in [3.8, 4) is 11.1 Å². The highest BCUT2D eigenvalue weighted by Gasteiger charge is 2.31. The molecule has 38 heavy (non-hydrogen) atoms. The van der Waals surface area contributed by atoms with Crippen LogP contribution in [0.1, 0.15) is 35.4 Å². The Balaban J connectivity index is 1.45. The number of fused-ring (bicyclic) bond motifs is 3. The van der Waals surface area contributed by atoms with Crippen LogP contribution in [-0.4, -0.2) is 52.8 Å². The standard InChI is InChI=1S/C29H28N2O7/c32-26(33)15-14-24(28(35)36)30-27(34)25(16-18-8-2-1-3-9-18)31-29(37)38-17-23-21-12-6-4-10-19(21)20-11-5-7-13-22(20)23/h1-13,23-25H,14-17H2,(H,30,34)(H,31,37)(H,32,33)(H,35,36)/t24-,25-/m0/s1. The van der Waals surface area contributed by atoms with Gasteiger partial charge in [-0.2, -0.15) is 0 Å². The van der Waals surface area contributed by atoms with Crippen molar-refractivity contribution in [3.63, 3.8) is 0 Å². The van der Waals surface area contributed by atoms with E-state index in [0.29, 0.717) is 0 Å². The molecule has 0 bridgehead atoms. The zero-order valence-corrected chi connectivity index (χ0v) is 20.5. The molecule has 1 aliphatic rings. The van der Waals surface area contributed by atoms with E-state index < -0.39 is 42.4 Å². The second kappa shape index (κ2) is 12.1. The zero-order valence-electron chi connectivity index (χ0n) is 20.5. The van der Waals surface area contributed by atoms with Crippen LogP contribution in [0.2, 0.25) is 0 Å². The Morgan fingerprint density at radius 2 is 1.34 bits per heavy atom. The Bertz CT molecular complexity index is 1280. The Morgan fingerprint density at radius 1 is 0.763 bits per heavy atom. The molecule has 2 atom stereocenters. The molecule has 4 rings (SSSR count). The Hall–Kier alpha value is -4.66. The summed E-state index contributed by atoms with van der Waals surface area (Å²) in [5.74, 6) is -3.45. The summed E-state index contributed by atoms with van der Waals surface area (Å²) >= 11 is 0. The van der Waals surface area contributed by atoms with Crippen LogP contribution >= 0.6 is 0 Å². The number of ether oxygens (including phenoxy) is 1. The number of hydrogen-bond acceptors (Lipinski definition) is 5. The minimum absolute atomic E-state index is 0.0515. The average molecular weight is 517 g/mol. The Kier molecular flexibility index (Phi) is 8.37. The molecule has 4 N–H and O–H groups in total. The molecule has 0 aliphatic heterocycles. The van der Waals surface area contributed by atoms with Crippen molar-refractivity contribution in [1.82, 2.24) is 10.6 Å². The Morgan fingerprint density at radius 3 is 1.92 bits per heavy atom. The molecule has 196 valence electrons. The van der Waals surface area contributed by atoms with Crippen LogP contribution in [0.5, 0.6) is 0 Å². The first-order valence-corrected chi connectivity index (χ1v) is 12.2. The van der Waals surface area contributed by atoms with Gasteiger partial charge in [0.15, 0.2) is 0 Å². The van der Waals surface area contributed by atoms with E-state index in [0.717, 1.165) is 27.8 Å². The molecule has 3 aromatic carbocycles. The van der Waals surface area contributed by atoms with Crippen LogP contribution in [0.25, 0.3) is 11.1 Å². The van der Waals surface area contributed by atoms with Gasteiger partial charge < -0.3 is 25.6 Å². The van der Waals surface area contributed by atoms with Gasteiger partial charge in [-0.1, -0.05) is 78.9 Å². The summed E-state index contributed by atoms with van der Waals surface area (Å²) in [4.78, 5) is 48.4. The lowest BCUT2D eigenvalue weighted by molar-refractivity contribution is -0.143.